The number of ether oxygens (including phenoxy) is 1. The van der Waals surface area contributed by atoms with E-state index in [-0.39, 0.29) is 0 Å². The number of rotatable bonds is 6. The minimum atomic E-state index is -0.416. The molecule has 0 radical (unpaired) electrons. The van der Waals surface area contributed by atoms with Crippen LogP contribution >= 0.6 is 0 Å². The molecule has 1 aromatic carbocycles. The predicted molar refractivity (Wildman–Crippen MR) is 192 cm³/mol. The number of esters is 1. The van der Waals surface area contributed by atoms with Crippen molar-refractivity contribution in [3.63, 3.8) is 0 Å². The number of aryl methyl sites for hydroxylation is 4. The highest BCUT2D eigenvalue weighted by molar-refractivity contribution is 6.07. The Morgan fingerprint density at radius 1 is 0.696 bits per heavy atom. The van der Waals surface area contributed by atoms with Crippen LogP contribution in [0, 0.1) is 13.8 Å². The number of methoxy groups -OCH3 is 1. The monoisotopic (exact) mass is 612 g/mol. The fourth-order valence-electron chi connectivity index (χ4n) is 7.44. The van der Waals surface area contributed by atoms with Gasteiger partial charge in [0.2, 0.25) is 0 Å². The number of fused-ring (bicyclic) bond motifs is 8. The zero-order valence-electron chi connectivity index (χ0n) is 28.6. The molecule has 46 heavy (non-hydrogen) atoms. The van der Waals surface area contributed by atoms with Gasteiger partial charge in [-0.2, -0.15) is 0 Å². The molecule has 6 nitrogen and oxygen atoms in total. The number of nitrogens with zero attached hydrogens (tertiary/aromatic N) is 2. The van der Waals surface area contributed by atoms with Crippen molar-refractivity contribution in [3.8, 4) is 11.1 Å². The molecule has 0 fully saturated rings. The minimum absolute atomic E-state index is 0.416. The first kappa shape index (κ1) is 31.3. The molecule has 0 amide bonds. The van der Waals surface area contributed by atoms with E-state index < -0.39 is 5.97 Å². The van der Waals surface area contributed by atoms with Gasteiger partial charge in [-0.3, -0.25) is 0 Å². The normalized spacial score (nSPS) is 13.2. The van der Waals surface area contributed by atoms with Gasteiger partial charge in [0.25, 0.3) is 0 Å². The second-order valence-electron chi connectivity index (χ2n) is 12.2. The van der Waals surface area contributed by atoms with Crippen LogP contribution in [-0.4, -0.2) is 33.0 Å². The summed E-state index contributed by atoms with van der Waals surface area (Å²) in [5.74, 6) is -0.416. The summed E-state index contributed by atoms with van der Waals surface area (Å²) in [5.41, 5.74) is 19.2. The van der Waals surface area contributed by atoms with Crippen molar-refractivity contribution in [3.05, 3.63) is 93.1 Å². The molecular formula is C40H44N4O2. The van der Waals surface area contributed by atoms with Crippen molar-refractivity contribution in [2.45, 2.75) is 81.1 Å². The van der Waals surface area contributed by atoms with Crippen LogP contribution in [0.3, 0.4) is 0 Å². The average Bonchev–Trinajstić information content (AvgIpc) is 3.74. The summed E-state index contributed by atoms with van der Waals surface area (Å²) in [7, 11) is 1.44. The molecule has 8 bridgehead atoms. The van der Waals surface area contributed by atoms with E-state index in [0.717, 1.165) is 92.6 Å². The van der Waals surface area contributed by atoms with Crippen LogP contribution < -0.4 is 0 Å². The first-order valence-corrected chi connectivity index (χ1v) is 16.5. The second kappa shape index (κ2) is 12.2. The van der Waals surface area contributed by atoms with E-state index in [1.165, 1.54) is 29.4 Å². The van der Waals surface area contributed by atoms with Crippen molar-refractivity contribution in [2.24, 2.45) is 0 Å². The third-order valence-electron chi connectivity index (χ3n) is 9.94. The first-order chi connectivity index (χ1) is 22.2. The minimum Gasteiger partial charge on any atom is -0.465 e. The van der Waals surface area contributed by atoms with Gasteiger partial charge in [0.1, 0.15) is 5.56 Å². The molecule has 0 atom stereocenters. The van der Waals surface area contributed by atoms with E-state index in [9.17, 15) is 4.79 Å². The standard InChI is InChI=1S/C40H44N4O2/c1-10-26-23(7)36-34(25-17-15-14-16-18-25)37-24(8)27(11-2)33(44-37)20-31-22(6)29(13-4)39(42-31)35(40(45)46-9)38-28(12-3)21(5)30(41-38)19-32(26)43-36/h14-20,43-44H,10-13H2,1-9H3. The highest BCUT2D eigenvalue weighted by Crippen LogP contribution is 2.41. The zero-order chi connectivity index (χ0) is 32.9. The quantitative estimate of drug-likeness (QED) is 0.212. The van der Waals surface area contributed by atoms with Crippen LogP contribution in [0.1, 0.15) is 110 Å². The lowest BCUT2D eigenvalue weighted by molar-refractivity contribution is 0.0599. The van der Waals surface area contributed by atoms with Crippen LogP contribution in [0.15, 0.2) is 42.5 Å². The molecule has 5 heterocycles. The molecule has 4 aromatic rings. The fraction of sp³-hybridized carbons (Fsp3) is 0.325. The molecular weight excluding hydrogens is 568 g/mol. The summed E-state index contributed by atoms with van der Waals surface area (Å²) in [6.07, 6.45) is 3.19. The molecule has 236 valence electrons. The largest absolute Gasteiger partial charge is 0.465 e. The van der Waals surface area contributed by atoms with Gasteiger partial charge in [0.15, 0.2) is 0 Å². The number of carbonyl (C=O) groups is 1. The lowest BCUT2D eigenvalue weighted by Gasteiger charge is -2.09. The van der Waals surface area contributed by atoms with Crippen molar-refractivity contribution in [1.82, 2.24) is 19.9 Å². The summed E-state index contributed by atoms with van der Waals surface area (Å²) >= 11 is 0. The van der Waals surface area contributed by atoms with Gasteiger partial charge in [-0.15, -0.1) is 0 Å². The number of aromatic nitrogens is 4. The third-order valence-corrected chi connectivity index (χ3v) is 9.94. The van der Waals surface area contributed by atoms with Gasteiger partial charge in [-0.25, -0.2) is 14.8 Å². The van der Waals surface area contributed by atoms with E-state index in [1.807, 2.05) is 0 Å². The number of carbonyl (C=O) groups excluding carboxylic acids is 1. The summed E-state index contributed by atoms with van der Waals surface area (Å²) < 4.78 is 5.42. The molecule has 2 aliphatic heterocycles. The lowest BCUT2D eigenvalue weighted by Crippen LogP contribution is -2.09. The van der Waals surface area contributed by atoms with Gasteiger partial charge >= 0.3 is 5.97 Å². The molecule has 2 aliphatic rings. The van der Waals surface area contributed by atoms with Crippen LogP contribution in [-0.2, 0) is 17.6 Å². The van der Waals surface area contributed by atoms with E-state index in [0.29, 0.717) is 17.0 Å². The number of benzene rings is 1. The van der Waals surface area contributed by atoms with Gasteiger partial charge in [-0.1, -0.05) is 58.0 Å². The molecule has 6 heteroatoms. The Bertz CT molecular complexity index is 2000. The Hall–Kier alpha value is -4.71. The number of aromatic amines is 2. The summed E-state index contributed by atoms with van der Waals surface area (Å²) in [6.45, 7) is 17.3. The Morgan fingerprint density at radius 3 is 1.54 bits per heavy atom. The van der Waals surface area contributed by atoms with Crippen LogP contribution in [0.2, 0.25) is 0 Å². The number of hydrogen-bond acceptors (Lipinski definition) is 4. The number of hydrogen-bond donors (Lipinski definition) is 2. The van der Waals surface area contributed by atoms with E-state index in [2.05, 4.69) is 108 Å². The van der Waals surface area contributed by atoms with E-state index in [1.54, 1.807) is 0 Å². The first-order valence-electron chi connectivity index (χ1n) is 16.5. The Labute approximate surface area is 271 Å². The SMILES string of the molecule is CCC1=C(C)c2cc3[nH]c(c(C)c3CC)c(-c3ccccc3)c3[nH]c(cc4nc(c(C(=O)OC)c1n2)C(CC)=C4C)c(CC)c3C. The molecule has 0 spiro atoms. The van der Waals surface area contributed by atoms with Gasteiger partial charge in [0, 0.05) is 16.6 Å². The van der Waals surface area contributed by atoms with Crippen molar-refractivity contribution < 1.29 is 9.53 Å². The van der Waals surface area contributed by atoms with Crippen LogP contribution in [0.5, 0.6) is 0 Å². The van der Waals surface area contributed by atoms with Gasteiger partial charge in [0.05, 0.1) is 40.9 Å². The van der Waals surface area contributed by atoms with Gasteiger partial charge in [-0.05, 0) is 116 Å². The smallest absolute Gasteiger partial charge is 0.342 e. The molecule has 0 saturated carbocycles. The summed E-state index contributed by atoms with van der Waals surface area (Å²) in [4.78, 5) is 31.8. The van der Waals surface area contributed by atoms with Crippen LogP contribution in [0.25, 0.3) is 55.5 Å². The molecule has 0 saturated heterocycles. The molecule has 6 rings (SSSR count). The highest BCUT2D eigenvalue weighted by Gasteiger charge is 2.30. The lowest BCUT2D eigenvalue weighted by atomic mass is 9.95. The highest BCUT2D eigenvalue weighted by atomic mass is 16.5. The van der Waals surface area contributed by atoms with Crippen molar-refractivity contribution >= 4 is 50.3 Å². The van der Waals surface area contributed by atoms with Crippen molar-refractivity contribution in [2.75, 3.05) is 7.11 Å². The number of allylic oxidation sites excluding steroid dienone is 4. The average molecular weight is 613 g/mol. The van der Waals surface area contributed by atoms with Crippen LogP contribution in [0.4, 0.5) is 0 Å². The maximum atomic E-state index is 13.7. The summed E-state index contributed by atoms with van der Waals surface area (Å²) in [6, 6.07) is 15.0. The predicted octanol–water partition coefficient (Wildman–Crippen LogP) is 10.2. The maximum Gasteiger partial charge on any atom is 0.342 e. The Kier molecular flexibility index (Phi) is 8.32. The molecule has 3 aromatic heterocycles. The molecule has 0 aliphatic carbocycles. The zero-order valence-corrected chi connectivity index (χ0v) is 28.6. The summed E-state index contributed by atoms with van der Waals surface area (Å²) in [5, 5.41) is 0. The third kappa shape index (κ3) is 4.82. The number of H-pyrrole nitrogens is 2. The van der Waals surface area contributed by atoms with Crippen molar-refractivity contribution in [1.29, 1.82) is 0 Å². The molecule has 0 unspecified atom stereocenters. The fourth-order valence-corrected chi connectivity index (χ4v) is 7.44. The van der Waals surface area contributed by atoms with E-state index >= 15 is 0 Å². The molecule has 2 N–H and O–H groups in total. The topological polar surface area (TPSA) is 83.7 Å². The second-order valence-corrected chi connectivity index (χ2v) is 12.2. The Balaban J connectivity index is 1.94. The van der Waals surface area contributed by atoms with Gasteiger partial charge < -0.3 is 14.7 Å². The maximum absolute atomic E-state index is 13.7. The Morgan fingerprint density at radius 2 is 1.15 bits per heavy atom. The van der Waals surface area contributed by atoms with E-state index in [4.69, 9.17) is 14.7 Å². The number of nitrogens with one attached hydrogen (secondary N) is 2.